The third-order valence-electron chi connectivity index (χ3n) is 5.12. The molecule has 0 radical (unpaired) electrons. The molecule has 1 saturated carbocycles. The Bertz CT molecular complexity index is 651. The summed E-state index contributed by atoms with van der Waals surface area (Å²) in [5.74, 6) is 0.587. The molecule has 1 fully saturated rings. The molecule has 0 unspecified atom stereocenters. The summed E-state index contributed by atoms with van der Waals surface area (Å²) in [5, 5.41) is 0. The maximum Gasteiger partial charge on any atom is 0.297 e. The lowest BCUT2D eigenvalue weighted by atomic mass is 9.70. The Morgan fingerprint density at radius 2 is 1.64 bits per heavy atom. The predicted octanol–water partition coefficient (Wildman–Crippen LogP) is 5.87. The highest BCUT2D eigenvalue weighted by molar-refractivity contribution is 7.86. The monoisotopic (exact) mass is 366 g/mol. The van der Waals surface area contributed by atoms with Crippen LogP contribution in [0, 0.1) is 18.3 Å². The van der Waals surface area contributed by atoms with E-state index in [4.69, 9.17) is 4.18 Å². The minimum Gasteiger partial charge on any atom is -0.260 e. The SMILES string of the molecule is Cc1ccc(S(=O)(=O)OC2(CC(C)(C)CC(C)C)CCCCC2)cc1. The van der Waals surface area contributed by atoms with E-state index in [1.807, 2.05) is 19.1 Å². The van der Waals surface area contributed by atoms with Gasteiger partial charge in [0.15, 0.2) is 0 Å². The van der Waals surface area contributed by atoms with E-state index in [9.17, 15) is 8.42 Å². The van der Waals surface area contributed by atoms with Crippen molar-refractivity contribution in [2.24, 2.45) is 11.3 Å². The normalized spacial score (nSPS) is 18.5. The summed E-state index contributed by atoms with van der Waals surface area (Å²) in [6.45, 7) is 10.9. The molecule has 1 aliphatic carbocycles. The lowest BCUT2D eigenvalue weighted by Crippen LogP contribution is -2.41. The van der Waals surface area contributed by atoms with E-state index in [0.717, 1.165) is 44.1 Å². The highest BCUT2D eigenvalue weighted by Crippen LogP contribution is 2.44. The Morgan fingerprint density at radius 3 is 2.16 bits per heavy atom. The average Bonchev–Trinajstić information content (AvgIpc) is 2.45. The summed E-state index contributed by atoms with van der Waals surface area (Å²) >= 11 is 0. The van der Waals surface area contributed by atoms with Crippen LogP contribution in [0.3, 0.4) is 0 Å². The smallest absolute Gasteiger partial charge is 0.260 e. The van der Waals surface area contributed by atoms with Crippen molar-refractivity contribution in [1.82, 2.24) is 0 Å². The van der Waals surface area contributed by atoms with E-state index in [0.29, 0.717) is 5.92 Å². The molecular weight excluding hydrogens is 332 g/mol. The first kappa shape index (κ1) is 20.4. The summed E-state index contributed by atoms with van der Waals surface area (Å²) in [6.07, 6.45) is 6.79. The molecule has 0 aliphatic heterocycles. The van der Waals surface area contributed by atoms with Gasteiger partial charge in [0.05, 0.1) is 10.5 Å². The summed E-state index contributed by atoms with van der Waals surface area (Å²) in [4.78, 5) is 0.268. The Kier molecular flexibility index (Phi) is 6.37. The van der Waals surface area contributed by atoms with Crippen LogP contribution in [0.5, 0.6) is 0 Å². The Balaban J connectivity index is 2.26. The number of aryl methyl sites for hydroxylation is 1. The van der Waals surface area contributed by atoms with Gasteiger partial charge >= 0.3 is 0 Å². The van der Waals surface area contributed by atoms with Gasteiger partial charge in [-0.2, -0.15) is 8.42 Å². The van der Waals surface area contributed by atoms with Gasteiger partial charge in [0.2, 0.25) is 0 Å². The molecule has 3 nitrogen and oxygen atoms in total. The molecule has 25 heavy (non-hydrogen) atoms. The van der Waals surface area contributed by atoms with Crippen LogP contribution >= 0.6 is 0 Å². The molecule has 4 heteroatoms. The third-order valence-corrected chi connectivity index (χ3v) is 6.54. The lowest BCUT2D eigenvalue weighted by Gasteiger charge is -2.42. The van der Waals surface area contributed by atoms with Gasteiger partial charge in [-0.1, -0.05) is 64.7 Å². The molecule has 0 heterocycles. The first-order valence-electron chi connectivity index (χ1n) is 9.56. The first-order chi connectivity index (χ1) is 11.5. The molecule has 142 valence electrons. The van der Waals surface area contributed by atoms with Crippen LogP contribution in [0.1, 0.15) is 78.2 Å². The second-order valence-electron chi connectivity index (χ2n) is 9.03. The van der Waals surface area contributed by atoms with Crippen molar-refractivity contribution in [2.75, 3.05) is 0 Å². The number of rotatable bonds is 7. The number of hydrogen-bond acceptors (Lipinski definition) is 3. The zero-order valence-corrected chi connectivity index (χ0v) is 17.3. The highest BCUT2D eigenvalue weighted by Gasteiger charge is 2.42. The minimum absolute atomic E-state index is 0.0638. The standard InChI is InChI=1S/C21H34O3S/c1-17(2)15-20(4,5)16-21(13-7-6-8-14-21)24-25(22,23)19-11-9-18(3)10-12-19/h9-12,17H,6-8,13-16H2,1-5H3. The van der Waals surface area contributed by atoms with Crippen LogP contribution < -0.4 is 0 Å². The van der Waals surface area contributed by atoms with Gasteiger partial charge < -0.3 is 0 Å². The molecule has 0 bridgehead atoms. The van der Waals surface area contributed by atoms with E-state index in [1.54, 1.807) is 12.1 Å². The molecule has 0 atom stereocenters. The van der Waals surface area contributed by atoms with Crippen molar-refractivity contribution in [3.05, 3.63) is 29.8 Å². The zero-order chi connectivity index (χ0) is 18.7. The maximum atomic E-state index is 12.9. The van der Waals surface area contributed by atoms with E-state index >= 15 is 0 Å². The quantitative estimate of drug-likeness (QED) is 0.567. The van der Waals surface area contributed by atoms with Crippen LogP contribution in [-0.4, -0.2) is 14.0 Å². The van der Waals surface area contributed by atoms with Gasteiger partial charge in [0, 0.05) is 0 Å². The Morgan fingerprint density at radius 1 is 1.08 bits per heavy atom. The second kappa shape index (κ2) is 7.79. The molecule has 1 aromatic carbocycles. The van der Waals surface area contributed by atoms with Crippen LogP contribution in [0.25, 0.3) is 0 Å². The molecule has 0 aromatic heterocycles. The fourth-order valence-electron chi connectivity index (χ4n) is 4.52. The molecule has 1 aromatic rings. The Hall–Kier alpha value is -0.870. The maximum absolute atomic E-state index is 12.9. The highest BCUT2D eigenvalue weighted by atomic mass is 32.2. The number of benzene rings is 1. The van der Waals surface area contributed by atoms with Gasteiger partial charge in [-0.25, -0.2) is 0 Å². The molecule has 0 spiro atoms. The van der Waals surface area contributed by atoms with Gasteiger partial charge in [0.25, 0.3) is 10.1 Å². The average molecular weight is 367 g/mol. The van der Waals surface area contributed by atoms with Gasteiger partial charge in [-0.3, -0.25) is 4.18 Å². The van der Waals surface area contributed by atoms with Gasteiger partial charge in [0.1, 0.15) is 0 Å². The van der Waals surface area contributed by atoms with E-state index < -0.39 is 15.7 Å². The zero-order valence-electron chi connectivity index (χ0n) is 16.5. The molecule has 1 aliphatic rings. The van der Waals surface area contributed by atoms with Crippen LogP contribution in [0.15, 0.2) is 29.2 Å². The van der Waals surface area contributed by atoms with Crippen LogP contribution in [0.4, 0.5) is 0 Å². The van der Waals surface area contributed by atoms with Gasteiger partial charge in [-0.15, -0.1) is 0 Å². The van der Waals surface area contributed by atoms with Crippen LogP contribution in [-0.2, 0) is 14.3 Å². The second-order valence-corrected chi connectivity index (χ2v) is 10.6. The molecule has 0 saturated heterocycles. The predicted molar refractivity (Wildman–Crippen MR) is 103 cm³/mol. The topological polar surface area (TPSA) is 43.4 Å². The molecule has 0 amide bonds. The largest absolute Gasteiger partial charge is 0.297 e. The van der Waals surface area contributed by atoms with Crippen molar-refractivity contribution in [1.29, 1.82) is 0 Å². The first-order valence-corrected chi connectivity index (χ1v) is 11.0. The molecular formula is C21H34O3S. The van der Waals surface area contributed by atoms with E-state index in [-0.39, 0.29) is 10.3 Å². The third kappa shape index (κ3) is 5.82. The minimum atomic E-state index is -3.74. The van der Waals surface area contributed by atoms with Crippen molar-refractivity contribution in [3.8, 4) is 0 Å². The summed E-state index contributed by atoms with van der Waals surface area (Å²) < 4.78 is 31.8. The van der Waals surface area contributed by atoms with Crippen molar-refractivity contribution in [2.45, 2.75) is 90.1 Å². The fourth-order valence-corrected chi connectivity index (χ4v) is 5.78. The molecule has 0 N–H and O–H groups in total. The fraction of sp³-hybridized carbons (Fsp3) is 0.714. The van der Waals surface area contributed by atoms with Crippen LogP contribution in [0.2, 0.25) is 0 Å². The summed E-state index contributed by atoms with van der Waals surface area (Å²) in [6, 6.07) is 6.96. The van der Waals surface area contributed by atoms with Crippen molar-refractivity contribution >= 4 is 10.1 Å². The van der Waals surface area contributed by atoms with E-state index in [1.165, 1.54) is 6.42 Å². The number of hydrogen-bond donors (Lipinski definition) is 0. The van der Waals surface area contributed by atoms with Crippen molar-refractivity contribution in [3.63, 3.8) is 0 Å². The molecule has 2 rings (SSSR count). The summed E-state index contributed by atoms with van der Waals surface area (Å²) in [5.41, 5.74) is 0.554. The lowest BCUT2D eigenvalue weighted by molar-refractivity contribution is -0.00816. The van der Waals surface area contributed by atoms with Gasteiger partial charge in [-0.05, 0) is 56.1 Å². The van der Waals surface area contributed by atoms with Crippen molar-refractivity contribution < 1.29 is 12.6 Å². The van der Waals surface area contributed by atoms with E-state index in [2.05, 4.69) is 27.7 Å². The summed E-state index contributed by atoms with van der Waals surface area (Å²) in [7, 11) is -3.74. The Labute approximate surface area is 154 Å².